The van der Waals surface area contributed by atoms with E-state index in [1.54, 1.807) is 0 Å². The Bertz CT molecular complexity index is 862. The molecule has 0 saturated heterocycles. The van der Waals surface area contributed by atoms with E-state index < -0.39 is 0 Å². The van der Waals surface area contributed by atoms with Gasteiger partial charge in [-0.25, -0.2) is 0 Å². The molecule has 2 heterocycles. The molecular formula is C23H20N2O. The Hall–Kier alpha value is -3.33. The first-order valence-electron chi connectivity index (χ1n) is 8.75. The summed E-state index contributed by atoms with van der Waals surface area (Å²) in [6, 6.07) is 27.7. The van der Waals surface area contributed by atoms with Crippen molar-refractivity contribution in [3.05, 3.63) is 120 Å². The highest BCUT2D eigenvalue weighted by molar-refractivity contribution is 5.96. The van der Waals surface area contributed by atoms with Gasteiger partial charge < -0.3 is 9.97 Å². The van der Waals surface area contributed by atoms with Crippen LogP contribution in [0, 0.1) is 0 Å². The van der Waals surface area contributed by atoms with E-state index in [0.29, 0.717) is 0 Å². The Morgan fingerprint density at radius 1 is 0.577 bits per heavy atom. The van der Waals surface area contributed by atoms with Crippen LogP contribution in [-0.2, 0) is 4.79 Å². The molecule has 0 bridgehead atoms. The number of carbonyl (C=O) groups is 1. The van der Waals surface area contributed by atoms with Crippen molar-refractivity contribution < 1.29 is 4.79 Å². The zero-order valence-electron chi connectivity index (χ0n) is 14.3. The lowest BCUT2D eigenvalue weighted by Crippen LogP contribution is -2.23. The van der Waals surface area contributed by atoms with Gasteiger partial charge >= 0.3 is 0 Å². The summed E-state index contributed by atoms with van der Waals surface area (Å²) in [5.74, 6) is -0.549. The highest BCUT2D eigenvalue weighted by atomic mass is 16.1. The Kier molecular flexibility index (Phi) is 4.52. The van der Waals surface area contributed by atoms with Crippen molar-refractivity contribution in [1.82, 2.24) is 9.97 Å². The van der Waals surface area contributed by atoms with Crippen molar-refractivity contribution in [3.8, 4) is 0 Å². The van der Waals surface area contributed by atoms with Crippen molar-refractivity contribution >= 4 is 5.78 Å². The van der Waals surface area contributed by atoms with Gasteiger partial charge in [0.05, 0.1) is 11.8 Å². The van der Waals surface area contributed by atoms with Crippen molar-refractivity contribution in [2.75, 3.05) is 0 Å². The summed E-state index contributed by atoms with van der Waals surface area (Å²) in [5, 5.41) is 0. The van der Waals surface area contributed by atoms with Gasteiger partial charge in [0, 0.05) is 23.8 Å². The van der Waals surface area contributed by atoms with Gasteiger partial charge in [-0.15, -0.1) is 0 Å². The third kappa shape index (κ3) is 3.11. The fraction of sp³-hybridized carbons (Fsp3) is 0.0870. The van der Waals surface area contributed by atoms with Crippen LogP contribution in [0.1, 0.15) is 34.4 Å². The second kappa shape index (κ2) is 7.28. The molecular weight excluding hydrogens is 320 g/mol. The molecule has 0 aliphatic carbocycles. The maximum atomic E-state index is 13.8. The second-order valence-electron chi connectivity index (χ2n) is 6.34. The summed E-state index contributed by atoms with van der Waals surface area (Å²) in [6.45, 7) is 0. The highest BCUT2D eigenvalue weighted by Gasteiger charge is 2.32. The third-order valence-corrected chi connectivity index (χ3v) is 4.70. The normalized spacial score (nSPS) is 13.2. The smallest absolute Gasteiger partial charge is 0.159 e. The topological polar surface area (TPSA) is 48.6 Å². The summed E-state index contributed by atoms with van der Waals surface area (Å²) < 4.78 is 0. The number of hydrogen-bond donors (Lipinski definition) is 2. The van der Waals surface area contributed by atoms with E-state index in [1.807, 2.05) is 97.3 Å². The maximum Gasteiger partial charge on any atom is 0.159 e. The van der Waals surface area contributed by atoms with Gasteiger partial charge in [0.2, 0.25) is 0 Å². The zero-order chi connectivity index (χ0) is 17.8. The van der Waals surface area contributed by atoms with E-state index in [1.165, 1.54) is 0 Å². The van der Waals surface area contributed by atoms with Gasteiger partial charge in [-0.1, -0.05) is 60.7 Å². The number of nitrogens with one attached hydrogen (secondary N) is 2. The minimum absolute atomic E-state index is 0.146. The van der Waals surface area contributed by atoms with Crippen molar-refractivity contribution in [3.63, 3.8) is 0 Å². The molecule has 2 aromatic heterocycles. The lowest BCUT2D eigenvalue weighted by molar-refractivity contribution is -0.120. The molecule has 0 aliphatic rings. The van der Waals surface area contributed by atoms with Gasteiger partial charge in [0.15, 0.2) is 5.78 Å². The van der Waals surface area contributed by atoms with E-state index in [-0.39, 0.29) is 17.6 Å². The SMILES string of the molecule is O=C(C(c1ccccc1)c1ccc[nH]1)C(c1ccccc1)c1ccc[nH]1. The van der Waals surface area contributed by atoms with Gasteiger partial charge in [0.25, 0.3) is 0 Å². The Morgan fingerprint density at radius 2 is 1.00 bits per heavy atom. The van der Waals surface area contributed by atoms with Crippen LogP contribution < -0.4 is 0 Å². The van der Waals surface area contributed by atoms with Crippen molar-refractivity contribution in [2.24, 2.45) is 0 Å². The molecule has 128 valence electrons. The number of rotatable bonds is 6. The van der Waals surface area contributed by atoms with Crippen LogP contribution >= 0.6 is 0 Å². The number of carbonyl (C=O) groups excluding carboxylic acids is 1. The van der Waals surface area contributed by atoms with Crippen LogP contribution in [0.15, 0.2) is 97.3 Å². The van der Waals surface area contributed by atoms with E-state index >= 15 is 0 Å². The minimum Gasteiger partial charge on any atom is -0.364 e. The first kappa shape index (κ1) is 16.2. The first-order chi connectivity index (χ1) is 12.8. The summed E-state index contributed by atoms with van der Waals surface area (Å²) >= 11 is 0. The molecule has 0 spiro atoms. The lowest BCUT2D eigenvalue weighted by atomic mass is 9.80. The predicted octanol–water partition coefficient (Wildman–Crippen LogP) is 4.88. The molecule has 26 heavy (non-hydrogen) atoms. The number of aromatic nitrogens is 2. The number of hydrogen-bond acceptors (Lipinski definition) is 1. The molecule has 2 N–H and O–H groups in total. The first-order valence-corrected chi connectivity index (χ1v) is 8.75. The molecule has 2 atom stereocenters. The van der Waals surface area contributed by atoms with Crippen LogP contribution in [0.4, 0.5) is 0 Å². The lowest BCUT2D eigenvalue weighted by Gasteiger charge is -2.22. The van der Waals surface area contributed by atoms with Crippen LogP contribution in [0.3, 0.4) is 0 Å². The van der Waals surface area contributed by atoms with Crippen molar-refractivity contribution in [1.29, 1.82) is 0 Å². The largest absolute Gasteiger partial charge is 0.364 e. The molecule has 0 aliphatic heterocycles. The van der Waals surface area contributed by atoms with Gasteiger partial charge in [0.1, 0.15) is 0 Å². The average Bonchev–Trinajstić information content (AvgIpc) is 3.39. The second-order valence-corrected chi connectivity index (χ2v) is 6.34. The quantitative estimate of drug-likeness (QED) is 0.516. The molecule has 0 fully saturated rings. The predicted molar refractivity (Wildman–Crippen MR) is 103 cm³/mol. The zero-order valence-corrected chi connectivity index (χ0v) is 14.3. The maximum absolute atomic E-state index is 13.8. The van der Waals surface area contributed by atoms with Crippen LogP contribution in [0.2, 0.25) is 0 Å². The number of ketones is 1. The highest BCUT2D eigenvalue weighted by Crippen LogP contribution is 2.34. The molecule has 0 saturated carbocycles. The molecule has 0 amide bonds. The summed E-state index contributed by atoms with van der Waals surface area (Å²) in [5.41, 5.74) is 3.81. The molecule has 3 heteroatoms. The van der Waals surface area contributed by atoms with E-state index in [4.69, 9.17) is 0 Å². The third-order valence-electron chi connectivity index (χ3n) is 4.70. The molecule has 2 aromatic carbocycles. The molecule has 3 nitrogen and oxygen atoms in total. The number of Topliss-reactive ketones (excluding diaryl/α,β-unsaturated/α-hetero) is 1. The van der Waals surface area contributed by atoms with Crippen LogP contribution in [0.5, 0.6) is 0 Å². The molecule has 4 aromatic rings. The molecule has 4 rings (SSSR count). The molecule has 0 radical (unpaired) electrons. The van der Waals surface area contributed by atoms with Crippen LogP contribution in [0.25, 0.3) is 0 Å². The number of aromatic amines is 2. The standard InChI is InChI=1S/C23H20N2O/c26-23(21(19-13-7-15-24-19)17-9-3-1-4-10-17)22(20-14-8-16-25-20)18-11-5-2-6-12-18/h1-16,21-22,24-25H. The Balaban J connectivity index is 1.83. The van der Waals surface area contributed by atoms with Gasteiger partial charge in [-0.05, 0) is 35.4 Å². The summed E-state index contributed by atoms with van der Waals surface area (Å²) in [4.78, 5) is 20.3. The molecule has 2 unspecified atom stereocenters. The Labute approximate surface area is 152 Å². The average molecular weight is 340 g/mol. The van der Waals surface area contributed by atoms with E-state index in [9.17, 15) is 4.79 Å². The fourth-order valence-electron chi connectivity index (χ4n) is 3.50. The fourth-order valence-corrected chi connectivity index (χ4v) is 3.50. The van der Waals surface area contributed by atoms with Gasteiger partial charge in [-0.2, -0.15) is 0 Å². The van der Waals surface area contributed by atoms with Crippen LogP contribution in [-0.4, -0.2) is 15.8 Å². The monoisotopic (exact) mass is 340 g/mol. The van der Waals surface area contributed by atoms with Gasteiger partial charge in [-0.3, -0.25) is 4.79 Å². The summed E-state index contributed by atoms with van der Waals surface area (Å²) in [7, 11) is 0. The van der Waals surface area contributed by atoms with E-state index in [0.717, 1.165) is 22.5 Å². The Morgan fingerprint density at radius 3 is 1.35 bits per heavy atom. The summed E-state index contributed by atoms with van der Waals surface area (Å²) in [6.07, 6.45) is 3.73. The number of H-pyrrole nitrogens is 2. The minimum atomic E-state index is -0.347. The number of benzene rings is 2. The van der Waals surface area contributed by atoms with E-state index in [2.05, 4.69) is 9.97 Å². The van der Waals surface area contributed by atoms with Crippen molar-refractivity contribution in [2.45, 2.75) is 11.8 Å².